The molecule has 0 aliphatic carbocycles. The van der Waals surface area contributed by atoms with Crippen LogP contribution in [0.5, 0.6) is 0 Å². The molecule has 1 N–H and O–H groups in total. The SMILES string of the molecule is CC(C)(C)c1ccc(NC(=O)N2CCN(c3ncc(F)cn3)C(=O)C2)cc1. The highest BCUT2D eigenvalue weighted by atomic mass is 19.1. The van der Waals surface area contributed by atoms with Crippen molar-refractivity contribution in [2.75, 3.05) is 29.9 Å². The predicted molar refractivity (Wildman–Crippen MR) is 100 cm³/mol. The molecule has 3 rings (SSSR count). The first-order valence-electron chi connectivity index (χ1n) is 8.68. The first-order valence-corrected chi connectivity index (χ1v) is 8.68. The van der Waals surface area contributed by atoms with Gasteiger partial charge in [-0.05, 0) is 23.1 Å². The lowest BCUT2D eigenvalue weighted by Gasteiger charge is -2.33. The van der Waals surface area contributed by atoms with Gasteiger partial charge in [0.05, 0.1) is 12.4 Å². The molecule has 2 aromatic rings. The molecule has 1 saturated heterocycles. The van der Waals surface area contributed by atoms with Crippen LogP contribution in [0, 0.1) is 5.82 Å². The summed E-state index contributed by atoms with van der Waals surface area (Å²) in [6.07, 6.45) is 2.02. The summed E-state index contributed by atoms with van der Waals surface area (Å²) < 4.78 is 12.9. The van der Waals surface area contributed by atoms with Gasteiger partial charge in [-0.25, -0.2) is 19.2 Å². The van der Waals surface area contributed by atoms with Crippen molar-refractivity contribution in [3.63, 3.8) is 0 Å². The third kappa shape index (κ3) is 4.39. The lowest BCUT2D eigenvalue weighted by Crippen LogP contribution is -2.53. The van der Waals surface area contributed by atoms with Crippen molar-refractivity contribution in [3.8, 4) is 0 Å². The molecule has 1 aliphatic rings. The Bertz CT molecular complexity index is 831. The van der Waals surface area contributed by atoms with Crippen LogP contribution in [0.2, 0.25) is 0 Å². The number of rotatable bonds is 2. The zero-order valence-electron chi connectivity index (χ0n) is 15.6. The van der Waals surface area contributed by atoms with E-state index in [1.807, 2.05) is 24.3 Å². The van der Waals surface area contributed by atoms with Crippen molar-refractivity contribution >= 4 is 23.6 Å². The smallest absolute Gasteiger partial charge is 0.313 e. The quantitative estimate of drug-likeness (QED) is 0.880. The van der Waals surface area contributed by atoms with Gasteiger partial charge in [0.1, 0.15) is 6.54 Å². The highest BCUT2D eigenvalue weighted by Gasteiger charge is 2.29. The number of hydrogen-bond donors (Lipinski definition) is 1. The van der Waals surface area contributed by atoms with Crippen LogP contribution < -0.4 is 10.2 Å². The van der Waals surface area contributed by atoms with Crippen LogP contribution in [-0.2, 0) is 10.2 Å². The van der Waals surface area contributed by atoms with Gasteiger partial charge in [-0.3, -0.25) is 9.69 Å². The van der Waals surface area contributed by atoms with E-state index in [0.717, 1.165) is 12.4 Å². The number of piperazine rings is 1. The van der Waals surface area contributed by atoms with Crippen molar-refractivity contribution < 1.29 is 14.0 Å². The standard InChI is InChI=1S/C19H22FN5O2/c1-19(2,3)13-4-6-15(7-5-13)23-18(27)24-8-9-25(16(26)12-24)17-21-10-14(20)11-22-17/h4-7,10-11H,8-9,12H2,1-3H3,(H,23,27). The highest BCUT2D eigenvalue weighted by molar-refractivity contribution is 5.98. The Kier molecular flexibility index (Phi) is 5.07. The second kappa shape index (κ2) is 7.30. The van der Waals surface area contributed by atoms with Crippen LogP contribution in [0.3, 0.4) is 0 Å². The molecular weight excluding hydrogens is 349 g/mol. The van der Waals surface area contributed by atoms with Crippen molar-refractivity contribution in [2.45, 2.75) is 26.2 Å². The number of hydrogen-bond acceptors (Lipinski definition) is 4. The Morgan fingerprint density at radius 2 is 1.74 bits per heavy atom. The molecule has 0 saturated carbocycles. The van der Waals surface area contributed by atoms with Crippen LogP contribution in [-0.4, -0.2) is 46.4 Å². The molecule has 0 spiro atoms. The zero-order valence-corrected chi connectivity index (χ0v) is 15.6. The van der Waals surface area contributed by atoms with Gasteiger partial charge in [0, 0.05) is 18.8 Å². The fraction of sp³-hybridized carbons (Fsp3) is 0.368. The molecule has 1 fully saturated rings. The molecule has 1 aromatic heterocycles. The van der Waals surface area contributed by atoms with Gasteiger partial charge in [0.25, 0.3) is 0 Å². The molecule has 27 heavy (non-hydrogen) atoms. The van der Waals surface area contributed by atoms with E-state index in [0.29, 0.717) is 12.2 Å². The first kappa shape index (κ1) is 18.8. The monoisotopic (exact) mass is 371 g/mol. The van der Waals surface area contributed by atoms with E-state index in [-0.39, 0.29) is 36.4 Å². The van der Waals surface area contributed by atoms with Gasteiger partial charge < -0.3 is 10.2 Å². The van der Waals surface area contributed by atoms with E-state index in [2.05, 4.69) is 36.1 Å². The molecule has 142 valence electrons. The van der Waals surface area contributed by atoms with Gasteiger partial charge in [0.15, 0.2) is 5.82 Å². The number of carbonyl (C=O) groups is 2. The van der Waals surface area contributed by atoms with Gasteiger partial charge >= 0.3 is 6.03 Å². The molecule has 1 aromatic carbocycles. The summed E-state index contributed by atoms with van der Waals surface area (Å²) in [7, 11) is 0. The van der Waals surface area contributed by atoms with Crippen LogP contribution in [0.25, 0.3) is 0 Å². The number of amides is 3. The Labute approximate surface area is 157 Å². The molecule has 0 atom stereocenters. The Balaban J connectivity index is 1.60. The maximum absolute atomic E-state index is 12.9. The van der Waals surface area contributed by atoms with Crippen LogP contribution in [0.1, 0.15) is 26.3 Å². The number of anilines is 2. The summed E-state index contributed by atoms with van der Waals surface area (Å²) in [6, 6.07) is 7.31. The molecule has 0 unspecified atom stereocenters. The number of benzene rings is 1. The second-order valence-electron chi connectivity index (χ2n) is 7.43. The van der Waals surface area contributed by atoms with Crippen LogP contribution in [0.15, 0.2) is 36.7 Å². The molecule has 2 heterocycles. The number of nitrogens with one attached hydrogen (secondary N) is 1. The van der Waals surface area contributed by atoms with Gasteiger partial charge in [0.2, 0.25) is 11.9 Å². The summed E-state index contributed by atoms with van der Waals surface area (Å²) in [5.41, 5.74) is 1.88. The van der Waals surface area contributed by atoms with E-state index < -0.39 is 5.82 Å². The van der Waals surface area contributed by atoms with E-state index in [4.69, 9.17) is 0 Å². The van der Waals surface area contributed by atoms with E-state index in [1.54, 1.807) is 0 Å². The third-order valence-electron chi connectivity index (χ3n) is 4.36. The second-order valence-corrected chi connectivity index (χ2v) is 7.43. The first-order chi connectivity index (χ1) is 12.7. The third-order valence-corrected chi connectivity index (χ3v) is 4.36. The fourth-order valence-corrected chi connectivity index (χ4v) is 2.76. The van der Waals surface area contributed by atoms with Crippen molar-refractivity contribution in [2.24, 2.45) is 0 Å². The van der Waals surface area contributed by atoms with Gasteiger partial charge in [-0.2, -0.15) is 0 Å². The lowest BCUT2D eigenvalue weighted by molar-refractivity contribution is -0.120. The summed E-state index contributed by atoms with van der Waals surface area (Å²) in [6.45, 7) is 6.86. The lowest BCUT2D eigenvalue weighted by atomic mass is 9.87. The summed E-state index contributed by atoms with van der Waals surface area (Å²) in [5, 5.41) is 2.81. The predicted octanol–water partition coefficient (Wildman–Crippen LogP) is 2.79. The molecule has 7 nitrogen and oxygen atoms in total. The van der Waals surface area contributed by atoms with Crippen molar-refractivity contribution in [1.82, 2.24) is 14.9 Å². The minimum absolute atomic E-state index is 0.0354. The van der Waals surface area contributed by atoms with Crippen molar-refractivity contribution in [3.05, 3.63) is 48.0 Å². The van der Waals surface area contributed by atoms with Crippen molar-refractivity contribution in [1.29, 1.82) is 0 Å². The topological polar surface area (TPSA) is 78.4 Å². The van der Waals surface area contributed by atoms with Gasteiger partial charge in [-0.1, -0.05) is 32.9 Å². The average molecular weight is 371 g/mol. The molecule has 0 bridgehead atoms. The van der Waals surface area contributed by atoms with E-state index >= 15 is 0 Å². The molecule has 0 radical (unpaired) electrons. The fourth-order valence-electron chi connectivity index (χ4n) is 2.76. The van der Waals surface area contributed by atoms with E-state index in [1.165, 1.54) is 15.4 Å². The van der Waals surface area contributed by atoms with Crippen LogP contribution >= 0.6 is 0 Å². The minimum Gasteiger partial charge on any atom is -0.313 e. The highest BCUT2D eigenvalue weighted by Crippen LogP contribution is 2.23. The molecule has 8 heteroatoms. The van der Waals surface area contributed by atoms with Crippen LogP contribution in [0.4, 0.5) is 20.8 Å². The largest absolute Gasteiger partial charge is 0.322 e. The normalized spacial score (nSPS) is 15.0. The Hall–Kier alpha value is -3.03. The molecule has 3 amide bonds. The Morgan fingerprint density at radius 1 is 1.11 bits per heavy atom. The number of urea groups is 1. The summed E-state index contributed by atoms with van der Waals surface area (Å²) >= 11 is 0. The number of carbonyl (C=O) groups excluding carboxylic acids is 2. The summed E-state index contributed by atoms with van der Waals surface area (Å²) in [5.74, 6) is -0.744. The summed E-state index contributed by atoms with van der Waals surface area (Å²) in [4.78, 5) is 35.2. The zero-order chi connectivity index (χ0) is 19.6. The number of halogens is 1. The molecular formula is C19H22FN5O2. The minimum atomic E-state index is -0.568. The maximum Gasteiger partial charge on any atom is 0.322 e. The molecule has 1 aliphatic heterocycles. The number of nitrogens with zero attached hydrogens (tertiary/aromatic N) is 4. The van der Waals surface area contributed by atoms with Gasteiger partial charge in [-0.15, -0.1) is 0 Å². The maximum atomic E-state index is 12.9. The van der Waals surface area contributed by atoms with E-state index in [9.17, 15) is 14.0 Å². The Morgan fingerprint density at radius 3 is 2.30 bits per heavy atom. The number of aromatic nitrogens is 2. The average Bonchev–Trinajstić information content (AvgIpc) is 2.62.